The van der Waals surface area contributed by atoms with Crippen molar-refractivity contribution in [2.75, 3.05) is 13.2 Å². The highest BCUT2D eigenvalue weighted by Crippen LogP contribution is 2.43. The summed E-state index contributed by atoms with van der Waals surface area (Å²) in [5.41, 5.74) is 2.88. The highest BCUT2D eigenvalue weighted by molar-refractivity contribution is 9.10. The molecule has 0 aliphatic heterocycles. The van der Waals surface area contributed by atoms with E-state index in [1.807, 2.05) is 6.92 Å². The van der Waals surface area contributed by atoms with Gasteiger partial charge in [-0.1, -0.05) is 29.8 Å². The second-order valence-corrected chi connectivity index (χ2v) is 6.18. The molecule has 1 N–H and O–H groups in total. The summed E-state index contributed by atoms with van der Waals surface area (Å²) in [5, 5.41) is 3.67. The van der Waals surface area contributed by atoms with Crippen LogP contribution in [0.1, 0.15) is 63.1 Å². The van der Waals surface area contributed by atoms with Gasteiger partial charge in [0.05, 0.1) is 6.61 Å². The summed E-state index contributed by atoms with van der Waals surface area (Å²) in [5.74, 6) is 1.60. The van der Waals surface area contributed by atoms with E-state index in [2.05, 4.69) is 47.2 Å². The first-order chi connectivity index (χ1) is 9.17. The summed E-state index contributed by atoms with van der Waals surface area (Å²) in [6, 6.07) is 4.82. The maximum atomic E-state index is 5.68. The molecule has 0 radical (unpaired) electrons. The fourth-order valence-electron chi connectivity index (χ4n) is 2.92. The molecule has 0 saturated carbocycles. The number of hydrogen-bond acceptors (Lipinski definition) is 2. The van der Waals surface area contributed by atoms with Gasteiger partial charge in [0.1, 0.15) is 5.75 Å². The number of rotatable bonds is 5. The van der Waals surface area contributed by atoms with E-state index in [1.54, 1.807) is 0 Å². The zero-order valence-corrected chi connectivity index (χ0v) is 13.7. The van der Waals surface area contributed by atoms with Crippen LogP contribution in [0.2, 0.25) is 0 Å². The normalized spacial score (nSPS) is 22.1. The molecular weight excluding hydrogens is 302 g/mol. The Morgan fingerprint density at radius 3 is 2.79 bits per heavy atom. The molecule has 1 aliphatic rings. The van der Waals surface area contributed by atoms with Crippen LogP contribution in [-0.2, 0) is 0 Å². The molecule has 106 valence electrons. The lowest BCUT2D eigenvalue weighted by molar-refractivity contribution is 0.337. The van der Waals surface area contributed by atoms with Crippen molar-refractivity contribution in [1.82, 2.24) is 5.32 Å². The smallest absolute Gasteiger partial charge is 0.120 e. The van der Waals surface area contributed by atoms with Gasteiger partial charge in [-0.3, -0.25) is 0 Å². The molecule has 3 heteroatoms. The number of benzene rings is 1. The first-order valence-corrected chi connectivity index (χ1v) is 8.16. The van der Waals surface area contributed by atoms with Crippen molar-refractivity contribution in [3.05, 3.63) is 27.7 Å². The lowest BCUT2D eigenvalue weighted by Gasteiger charge is -2.32. The van der Waals surface area contributed by atoms with Crippen LogP contribution < -0.4 is 10.1 Å². The number of halogens is 1. The van der Waals surface area contributed by atoms with Gasteiger partial charge in [-0.25, -0.2) is 0 Å². The first kappa shape index (κ1) is 14.9. The number of ether oxygens (including phenoxy) is 1. The molecule has 2 unspecified atom stereocenters. The molecule has 1 aromatic carbocycles. The van der Waals surface area contributed by atoms with Crippen LogP contribution in [0, 0.1) is 0 Å². The van der Waals surface area contributed by atoms with Crippen LogP contribution in [-0.4, -0.2) is 13.2 Å². The molecule has 2 rings (SSSR count). The van der Waals surface area contributed by atoms with Gasteiger partial charge < -0.3 is 10.1 Å². The first-order valence-electron chi connectivity index (χ1n) is 7.36. The monoisotopic (exact) mass is 325 g/mol. The Morgan fingerprint density at radius 2 is 2.11 bits per heavy atom. The van der Waals surface area contributed by atoms with Crippen LogP contribution in [0.15, 0.2) is 16.6 Å². The minimum atomic E-state index is 0.475. The molecule has 0 saturated heterocycles. The van der Waals surface area contributed by atoms with Crippen molar-refractivity contribution in [1.29, 1.82) is 0 Å². The SMILES string of the molecule is CCCNC1CCC(C)c2c(Br)cc(OCC)cc21. The molecule has 19 heavy (non-hydrogen) atoms. The topological polar surface area (TPSA) is 21.3 Å². The molecular formula is C16H24BrNO. The third kappa shape index (κ3) is 3.32. The van der Waals surface area contributed by atoms with Crippen LogP contribution in [0.3, 0.4) is 0 Å². The van der Waals surface area contributed by atoms with Gasteiger partial charge in [0.2, 0.25) is 0 Å². The van der Waals surface area contributed by atoms with E-state index < -0.39 is 0 Å². The van der Waals surface area contributed by atoms with E-state index in [0.29, 0.717) is 18.6 Å². The number of nitrogens with one attached hydrogen (secondary N) is 1. The van der Waals surface area contributed by atoms with Gasteiger partial charge in [0.25, 0.3) is 0 Å². The fraction of sp³-hybridized carbons (Fsp3) is 0.625. The van der Waals surface area contributed by atoms with Crippen molar-refractivity contribution in [3.8, 4) is 5.75 Å². The van der Waals surface area contributed by atoms with Crippen molar-refractivity contribution in [2.24, 2.45) is 0 Å². The molecule has 0 spiro atoms. The highest BCUT2D eigenvalue weighted by atomic mass is 79.9. The third-order valence-electron chi connectivity index (χ3n) is 3.84. The average Bonchev–Trinajstić information content (AvgIpc) is 2.38. The van der Waals surface area contributed by atoms with Gasteiger partial charge in [-0.2, -0.15) is 0 Å². The van der Waals surface area contributed by atoms with Crippen LogP contribution in [0.4, 0.5) is 0 Å². The summed E-state index contributed by atoms with van der Waals surface area (Å²) >= 11 is 3.73. The summed E-state index contributed by atoms with van der Waals surface area (Å²) in [6.45, 7) is 8.36. The van der Waals surface area contributed by atoms with Gasteiger partial charge in [-0.05, 0) is 61.9 Å². The van der Waals surface area contributed by atoms with E-state index in [9.17, 15) is 0 Å². The van der Waals surface area contributed by atoms with Crippen LogP contribution >= 0.6 is 15.9 Å². The molecule has 1 aromatic rings. The predicted molar refractivity (Wildman–Crippen MR) is 84.0 cm³/mol. The summed E-state index contributed by atoms with van der Waals surface area (Å²) in [4.78, 5) is 0. The molecule has 2 atom stereocenters. The summed E-state index contributed by atoms with van der Waals surface area (Å²) in [6.07, 6.45) is 3.64. The quantitative estimate of drug-likeness (QED) is 0.840. The summed E-state index contributed by atoms with van der Waals surface area (Å²) in [7, 11) is 0. The van der Waals surface area contributed by atoms with Crippen molar-refractivity contribution >= 4 is 15.9 Å². The molecule has 0 fully saturated rings. The Morgan fingerprint density at radius 1 is 1.32 bits per heavy atom. The van der Waals surface area contributed by atoms with E-state index in [0.717, 1.165) is 12.3 Å². The van der Waals surface area contributed by atoms with E-state index in [1.165, 1.54) is 34.9 Å². The zero-order chi connectivity index (χ0) is 13.8. The third-order valence-corrected chi connectivity index (χ3v) is 4.50. The number of hydrogen-bond donors (Lipinski definition) is 1. The van der Waals surface area contributed by atoms with Crippen molar-refractivity contribution in [3.63, 3.8) is 0 Å². The standard InChI is InChI=1S/C16H24BrNO/c1-4-8-18-15-7-6-11(3)16-13(15)9-12(19-5-2)10-14(16)17/h9-11,15,18H,4-8H2,1-3H3. The molecule has 0 heterocycles. The largest absolute Gasteiger partial charge is 0.494 e. The average molecular weight is 326 g/mol. The Kier molecular flexibility index (Phi) is 5.28. The minimum Gasteiger partial charge on any atom is -0.494 e. The Bertz CT molecular complexity index is 433. The van der Waals surface area contributed by atoms with Gasteiger partial charge >= 0.3 is 0 Å². The van der Waals surface area contributed by atoms with Gasteiger partial charge in [0.15, 0.2) is 0 Å². The Labute approximate surface area is 125 Å². The second kappa shape index (κ2) is 6.76. The Hall–Kier alpha value is -0.540. The van der Waals surface area contributed by atoms with Gasteiger partial charge in [-0.15, -0.1) is 0 Å². The maximum absolute atomic E-state index is 5.68. The summed E-state index contributed by atoms with van der Waals surface area (Å²) < 4.78 is 6.88. The zero-order valence-electron chi connectivity index (χ0n) is 12.1. The van der Waals surface area contributed by atoms with Crippen LogP contribution in [0.5, 0.6) is 5.75 Å². The highest BCUT2D eigenvalue weighted by Gasteiger charge is 2.27. The van der Waals surface area contributed by atoms with Crippen LogP contribution in [0.25, 0.3) is 0 Å². The van der Waals surface area contributed by atoms with E-state index in [-0.39, 0.29) is 0 Å². The van der Waals surface area contributed by atoms with Gasteiger partial charge in [0, 0.05) is 10.5 Å². The lowest BCUT2D eigenvalue weighted by Crippen LogP contribution is -2.27. The van der Waals surface area contributed by atoms with E-state index >= 15 is 0 Å². The fourth-order valence-corrected chi connectivity index (χ4v) is 3.76. The van der Waals surface area contributed by atoms with E-state index in [4.69, 9.17) is 4.74 Å². The van der Waals surface area contributed by atoms with Crippen molar-refractivity contribution < 1.29 is 4.74 Å². The Balaban J connectivity index is 2.35. The van der Waals surface area contributed by atoms with Crippen molar-refractivity contribution in [2.45, 2.75) is 52.0 Å². The molecule has 0 amide bonds. The maximum Gasteiger partial charge on any atom is 0.120 e. The molecule has 0 bridgehead atoms. The molecule has 1 aliphatic carbocycles. The molecule has 0 aromatic heterocycles. The second-order valence-electron chi connectivity index (χ2n) is 5.33. The minimum absolute atomic E-state index is 0.475. The predicted octanol–water partition coefficient (Wildman–Crippen LogP) is 4.79. The molecule has 2 nitrogen and oxygen atoms in total. The lowest BCUT2D eigenvalue weighted by atomic mass is 9.81. The number of fused-ring (bicyclic) bond motifs is 1.